The van der Waals surface area contributed by atoms with Gasteiger partial charge in [0.05, 0.1) is 11.7 Å². The number of piperazine rings is 1. The van der Waals surface area contributed by atoms with Crippen LogP contribution in [0.1, 0.15) is 32.4 Å². The van der Waals surface area contributed by atoms with Crippen LogP contribution in [0.5, 0.6) is 0 Å². The number of pyridine rings is 1. The minimum atomic E-state index is -0.112. The fourth-order valence-corrected chi connectivity index (χ4v) is 7.08. The molecular formula is C30H26N6OS2. The first-order chi connectivity index (χ1) is 19.1. The maximum Gasteiger partial charge on any atom is 0.266 e. The summed E-state index contributed by atoms with van der Waals surface area (Å²) in [5, 5.41) is 14.3. The smallest absolute Gasteiger partial charge is 0.266 e. The number of carbonyl (C=O) groups is 1. The largest absolute Gasteiger partial charge is 0.397 e. The summed E-state index contributed by atoms with van der Waals surface area (Å²) in [5.41, 5.74) is 17.4. The van der Waals surface area contributed by atoms with Crippen molar-refractivity contribution in [2.45, 2.75) is 6.04 Å². The van der Waals surface area contributed by atoms with Crippen LogP contribution in [0.2, 0.25) is 0 Å². The molecule has 0 radical (unpaired) electrons. The molecular weight excluding hydrogens is 525 g/mol. The third-order valence-electron chi connectivity index (χ3n) is 7.22. The summed E-state index contributed by atoms with van der Waals surface area (Å²) >= 11 is 2.77. The fourth-order valence-electron chi connectivity index (χ4n) is 5.35. The van der Waals surface area contributed by atoms with Crippen LogP contribution in [0.25, 0.3) is 21.3 Å². The van der Waals surface area contributed by atoms with E-state index >= 15 is 0 Å². The number of anilines is 2. The van der Waals surface area contributed by atoms with Crippen molar-refractivity contribution in [3.63, 3.8) is 0 Å². The monoisotopic (exact) mass is 550 g/mol. The van der Waals surface area contributed by atoms with E-state index in [9.17, 15) is 10.1 Å². The number of carbonyl (C=O) groups excluding carboxylic acids is 1. The van der Waals surface area contributed by atoms with Gasteiger partial charge in [0.15, 0.2) is 0 Å². The molecule has 1 saturated heterocycles. The lowest BCUT2D eigenvalue weighted by atomic mass is 9.96. The third kappa shape index (κ3) is 4.53. The van der Waals surface area contributed by atoms with Crippen LogP contribution in [-0.4, -0.2) is 46.9 Å². The quantitative estimate of drug-likeness (QED) is 0.294. The summed E-state index contributed by atoms with van der Waals surface area (Å²) < 4.78 is 0. The lowest BCUT2D eigenvalue weighted by molar-refractivity contribution is 0.0603. The summed E-state index contributed by atoms with van der Waals surface area (Å²) in [5.74, 6) is 0.0346. The molecule has 5 aromatic rings. The number of nitrogens with two attached hydrogens (primary N) is 2. The van der Waals surface area contributed by atoms with Crippen molar-refractivity contribution in [1.29, 1.82) is 5.26 Å². The van der Waals surface area contributed by atoms with E-state index in [1.54, 1.807) is 0 Å². The van der Waals surface area contributed by atoms with Gasteiger partial charge in [-0.05, 0) is 33.5 Å². The highest BCUT2D eigenvalue weighted by molar-refractivity contribution is 7.21. The van der Waals surface area contributed by atoms with Gasteiger partial charge in [0.25, 0.3) is 5.91 Å². The number of nitriles is 1. The molecule has 6 rings (SSSR count). The lowest BCUT2D eigenvalue weighted by Gasteiger charge is -2.39. The molecule has 2 aromatic carbocycles. The van der Waals surface area contributed by atoms with E-state index in [0.717, 1.165) is 18.7 Å². The highest BCUT2D eigenvalue weighted by Crippen LogP contribution is 2.43. The first-order valence-corrected chi connectivity index (χ1v) is 14.4. The van der Waals surface area contributed by atoms with Gasteiger partial charge in [0, 0.05) is 37.1 Å². The zero-order valence-electron chi connectivity index (χ0n) is 21.1. The highest BCUT2D eigenvalue weighted by atomic mass is 32.1. The van der Waals surface area contributed by atoms with Crippen molar-refractivity contribution in [1.82, 2.24) is 14.8 Å². The molecule has 194 valence electrons. The van der Waals surface area contributed by atoms with Gasteiger partial charge < -0.3 is 16.4 Å². The van der Waals surface area contributed by atoms with Crippen molar-refractivity contribution < 1.29 is 4.79 Å². The molecule has 9 heteroatoms. The fraction of sp³-hybridized carbons (Fsp3) is 0.167. The van der Waals surface area contributed by atoms with Crippen LogP contribution in [0.3, 0.4) is 0 Å². The summed E-state index contributed by atoms with van der Waals surface area (Å²) in [6.07, 6.45) is 0. The van der Waals surface area contributed by atoms with E-state index in [2.05, 4.69) is 64.5 Å². The van der Waals surface area contributed by atoms with Gasteiger partial charge in [-0.2, -0.15) is 16.6 Å². The van der Waals surface area contributed by atoms with Gasteiger partial charge in [-0.1, -0.05) is 60.7 Å². The Bertz CT molecular complexity index is 1630. The number of rotatable bonds is 5. The van der Waals surface area contributed by atoms with E-state index in [4.69, 9.17) is 11.5 Å². The summed E-state index contributed by atoms with van der Waals surface area (Å²) in [7, 11) is 0. The third-order valence-corrected chi connectivity index (χ3v) is 8.99. The number of fused-ring (bicyclic) bond motifs is 1. The number of nitrogen functional groups attached to an aromatic ring is 2. The van der Waals surface area contributed by atoms with Gasteiger partial charge in [-0.3, -0.25) is 9.69 Å². The Hall–Kier alpha value is -4.23. The Labute approximate surface area is 234 Å². The number of nitrogens with zero attached hydrogens (tertiary/aromatic N) is 4. The minimum Gasteiger partial charge on any atom is -0.397 e. The molecule has 1 aliphatic heterocycles. The average molecular weight is 551 g/mol. The molecule has 0 saturated carbocycles. The van der Waals surface area contributed by atoms with Crippen LogP contribution in [0, 0.1) is 11.3 Å². The SMILES string of the molecule is N#Cc1c(N)nc2sc(C(=O)N3CCN(C(c4ccccc4)c4ccccc4)CC3)c(N)c2c1-c1ccsc1. The summed E-state index contributed by atoms with van der Waals surface area (Å²) in [4.78, 5) is 23.5. The first-order valence-electron chi connectivity index (χ1n) is 12.6. The number of benzene rings is 2. The van der Waals surface area contributed by atoms with Crippen LogP contribution in [-0.2, 0) is 0 Å². The second-order valence-corrected chi connectivity index (χ2v) is 11.2. The molecule has 39 heavy (non-hydrogen) atoms. The molecule has 1 aliphatic rings. The van der Waals surface area contributed by atoms with Crippen molar-refractivity contribution in [2.75, 3.05) is 37.6 Å². The van der Waals surface area contributed by atoms with Crippen molar-refractivity contribution in [3.05, 3.63) is 99.1 Å². The van der Waals surface area contributed by atoms with E-state index < -0.39 is 0 Å². The minimum absolute atomic E-state index is 0.112. The van der Waals surface area contributed by atoms with E-state index in [1.807, 2.05) is 33.9 Å². The Kier molecular flexibility index (Phi) is 6.75. The number of aromatic nitrogens is 1. The Morgan fingerprint density at radius 2 is 1.59 bits per heavy atom. The zero-order valence-corrected chi connectivity index (χ0v) is 22.7. The van der Waals surface area contributed by atoms with Crippen molar-refractivity contribution in [2.24, 2.45) is 0 Å². The second-order valence-electron chi connectivity index (χ2n) is 9.45. The average Bonchev–Trinajstić information content (AvgIpc) is 3.62. The normalized spacial score (nSPS) is 14.1. The molecule has 0 aliphatic carbocycles. The number of hydrogen-bond donors (Lipinski definition) is 2. The van der Waals surface area contributed by atoms with Gasteiger partial charge in [0.2, 0.25) is 0 Å². The molecule has 1 amide bonds. The molecule has 1 fully saturated rings. The molecule has 4 N–H and O–H groups in total. The van der Waals surface area contributed by atoms with Gasteiger partial charge >= 0.3 is 0 Å². The molecule has 7 nitrogen and oxygen atoms in total. The predicted octanol–water partition coefficient (Wildman–Crippen LogP) is 5.61. The summed E-state index contributed by atoms with van der Waals surface area (Å²) in [6.45, 7) is 2.63. The van der Waals surface area contributed by atoms with Crippen molar-refractivity contribution >= 4 is 50.3 Å². The molecule has 0 bridgehead atoms. The van der Waals surface area contributed by atoms with Crippen LogP contribution >= 0.6 is 22.7 Å². The summed E-state index contributed by atoms with van der Waals surface area (Å²) in [6, 6.07) is 25.2. The molecule has 0 unspecified atom stereocenters. The van der Waals surface area contributed by atoms with Gasteiger partial charge in [-0.25, -0.2) is 4.98 Å². The van der Waals surface area contributed by atoms with Gasteiger partial charge in [-0.15, -0.1) is 11.3 Å². The Morgan fingerprint density at radius 3 is 2.15 bits per heavy atom. The standard InChI is InChI=1S/C30H26N6OS2/c31-17-22-23(21-11-16-38-18-21)24-25(32)27(39-29(24)34-28(22)33)30(37)36-14-12-35(13-15-36)26(19-7-3-1-4-8-19)20-9-5-2-6-10-20/h1-11,16,18,26H,12-15,32H2,(H2,33,34). The topological polar surface area (TPSA) is 112 Å². The maximum atomic E-state index is 13.8. The molecule has 0 atom stereocenters. The Morgan fingerprint density at radius 1 is 0.949 bits per heavy atom. The van der Waals surface area contributed by atoms with Crippen LogP contribution in [0.4, 0.5) is 11.5 Å². The predicted molar refractivity (Wildman–Crippen MR) is 159 cm³/mol. The molecule has 3 aromatic heterocycles. The zero-order chi connectivity index (χ0) is 26.9. The van der Waals surface area contributed by atoms with Crippen LogP contribution < -0.4 is 11.5 Å². The van der Waals surface area contributed by atoms with E-state index in [-0.39, 0.29) is 23.3 Å². The van der Waals surface area contributed by atoms with Crippen molar-refractivity contribution in [3.8, 4) is 17.2 Å². The number of hydrogen-bond acceptors (Lipinski definition) is 8. The Balaban J connectivity index is 1.29. The van der Waals surface area contributed by atoms with Gasteiger partial charge in [0.1, 0.15) is 27.2 Å². The lowest BCUT2D eigenvalue weighted by Crippen LogP contribution is -2.49. The van der Waals surface area contributed by atoms with Crippen LogP contribution in [0.15, 0.2) is 77.5 Å². The number of amides is 1. The first kappa shape index (κ1) is 25.1. The molecule has 0 spiro atoms. The van der Waals surface area contributed by atoms with E-state index in [0.29, 0.717) is 39.4 Å². The number of thiophene rings is 2. The van der Waals surface area contributed by atoms with E-state index in [1.165, 1.54) is 33.8 Å². The highest BCUT2D eigenvalue weighted by Gasteiger charge is 2.31. The molecule has 4 heterocycles. The second kappa shape index (κ2) is 10.5. The maximum absolute atomic E-state index is 13.8.